The molecule has 0 amide bonds. The molecule has 0 bridgehead atoms. The zero-order valence-corrected chi connectivity index (χ0v) is 14.9. The van der Waals surface area contributed by atoms with Gasteiger partial charge in [0.25, 0.3) is 10.0 Å². The molecule has 0 aliphatic carbocycles. The fourth-order valence-electron chi connectivity index (χ4n) is 2.73. The third-order valence-electron chi connectivity index (χ3n) is 3.99. The van der Waals surface area contributed by atoms with E-state index in [0.29, 0.717) is 10.8 Å². The summed E-state index contributed by atoms with van der Waals surface area (Å²) in [5.74, 6) is 0. The molecule has 1 aromatic rings. The highest BCUT2D eigenvalue weighted by molar-refractivity contribution is 7.91. The number of piperidine rings is 1. The molecule has 1 aliphatic heterocycles. The van der Waals surface area contributed by atoms with Gasteiger partial charge in [0.2, 0.25) is 0 Å². The molecule has 2 atom stereocenters. The summed E-state index contributed by atoms with van der Waals surface area (Å²) in [7, 11) is -3.42. The van der Waals surface area contributed by atoms with Gasteiger partial charge in [0.15, 0.2) is 0 Å². The number of thiophene rings is 1. The normalized spacial score (nSPS) is 23.2. The van der Waals surface area contributed by atoms with Crippen LogP contribution in [0.3, 0.4) is 0 Å². The van der Waals surface area contributed by atoms with E-state index >= 15 is 0 Å². The summed E-state index contributed by atoms with van der Waals surface area (Å²) < 4.78 is 27.9. The highest BCUT2D eigenvalue weighted by Gasteiger charge is 2.36. The average Bonchev–Trinajstić information content (AvgIpc) is 2.88. The minimum atomic E-state index is -3.42. The van der Waals surface area contributed by atoms with Crippen LogP contribution in [-0.4, -0.2) is 31.4 Å². The van der Waals surface area contributed by atoms with Crippen molar-refractivity contribution in [3.8, 4) is 0 Å². The van der Waals surface area contributed by atoms with Crippen molar-refractivity contribution in [3.05, 3.63) is 17.0 Å². The first-order valence-corrected chi connectivity index (χ1v) is 9.77. The van der Waals surface area contributed by atoms with Crippen LogP contribution in [0.25, 0.3) is 0 Å². The minimum absolute atomic E-state index is 0.0269. The zero-order valence-electron chi connectivity index (χ0n) is 13.3. The SMILES string of the molecule is CC(N)C1CCCCN1S(=O)(=O)c1ccc(C(C)(C)C)s1. The van der Waals surface area contributed by atoms with Gasteiger partial charge in [-0.3, -0.25) is 0 Å². The van der Waals surface area contributed by atoms with Crippen molar-refractivity contribution in [1.29, 1.82) is 0 Å². The lowest BCUT2D eigenvalue weighted by atomic mass is 9.95. The molecule has 2 unspecified atom stereocenters. The van der Waals surface area contributed by atoms with Crippen LogP contribution in [-0.2, 0) is 15.4 Å². The molecule has 1 aliphatic rings. The van der Waals surface area contributed by atoms with Gasteiger partial charge in [0.05, 0.1) is 0 Å². The molecule has 2 heterocycles. The van der Waals surface area contributed by atoms with Crippen LogP contribution < -0.4 is 5.73 Å². The molecule has 4 nitrogen and oxygen atoms in total. The summed E-state index contributed by atoms with van der Waals surface area (Å²) in [6.07, 6.45) is 2.82. The van der Waals surface area contributed by atoms with Crippen LogP contribution in [0, 0.1) is 0 Å². The van der Waals surface area contributed by atoms with E-state index in [1.54, 1.807) is 10.4 Å². The topological polar surface area (TPSA) is 63.4 Å². The van der Waals surface area contributed by atoms with E-state index in [4.69, 9.17) is 5.73 Å². The van der Waals surface area contributed by atoms with Crippen LogP contribution in [0.4, 0.5) is 0 Å². The number of hydrogen-bond acceptors (Lipinski definition) is 4. The number of sulfonamides is 1. The molecule has 2 N–H and O–H groups in total. The Balaban J connectivity index is 2.34. The maximum atomic E-state index is 12.9. The van der Waals surface area contributed by atoms with Gasteiger partial charge in [-0.15, -0.1) is 11.3 Å². The molecule has 21 heavy (non-hydrogen) atoms. The van der Waals surface area contributed by atoms with Gasteiger partial charge in [-0.2, -0.15) is 4.31 Å². The molecule has 1 aromatic heterocycles. The second-order valence-electron chi connectivity index (χ2n) is 6.91. The smallest absolute Gasteiger partial charge is 0.252 e. The fourth-order valence-corrected chi connectivity index (χ4v) is 6.00. The van der Waals surface area contributed by atoms with E-state index in [2.05, 4.69) is 20.8 Å². The predicted octanol–water partition coefficient (Wildman–Crippen LogP) is 2.94. The van der Waals surface area contributed by atoms with E-state index < -0.39 is 10.0 Å². The second-order valence-corrected chi connectivity index (χ2v) is 10.1. The summed E-state index contributed by atoms with van der Waals surface area (Å²) in [5, 5.41) is 0. The van der Waals surface area contributed by atoms with Gasteiger partial charge in [0.1, 0.15) is 4.21 Å². The summed E-state index contributed by atoms with van der Waals surface area (Å²) >= 11 is 1.38. The highest BCUT2D eigenvalue weighted by Crippen LogP contribution is 2.35. The van der Waals surface area contributed by atoms with Crippen molar-refractivity contribution < 1.29 is 8.42 Å². The third-order valence-corrected chi connectivity index (χ3v) is 7.89. The van der Waals surface area contributed by atoms with Crippen molar-refractivity contribution in [3.63, 3.8) is 0 Å². The van der Waals surface area contributed by atoms with Gasteiger partial charge in [-0.05, 0) is 37.3 Å². The Morgan fingerprint density at radius 3 is 2.52 bits per heavy atom. The Morgan fingerprint density at radius 2 is 2.00 bits per heavy atom. The fraction of sp³-hybridized carbons (Fsp3) is 0.733. The van der Waals surface area contributed by atoms with Gasteiger partial charge in [-0.1, -0.05) is 27.2 Å². The monoisotopic (exact) mass is 330 g/mol. The third kappa shape index (κ3) is 3.50. The van der Waals surface area contributed by atoms with Gasteiger partial charge < -0.3 is 5.73 Å². The van der Waals surface area contributed by atoms with E-state index in [1.807, 2.05) is 13.0 Å². The Kier molecular flexibility index (Phi) is 4.83. The van der Waals surface area contributed by atoms with Crippen LogP contribution in [0.15, 0.2) is 16.3 Å². The predicted molar refractivity (Wildman–Crippen MR) is 88.2 cm³/mol. The van der Waals surface area contributed by atoms with Crippen LogP contribution in [0.1, 0.15) is 51.8 Å². The second kappa shape index (κ2) is 5.99. The molecule has 0 aromatic carbocycles. The van der Waals surface area contributed by atoms with Crippen molar-refractivity contribution in [1.82, 2.24) is 4.31 Å². The van der Waals surface area contributed by atoms with E-state index in [9.17, 15) is 8.42 Å². The summed E-state index contributed by atoms with van der Waals surface area (Å²) in [4.78, 5) is 1.09. The van der Waals surface area contributed by atoms with Gasteiger partial charge in [-0.25, -0.2) is 8.42 Å². The Bertz CT molecular complexity index is 585. The Morgan fingerprint density at radius 1 is 1.33 bits per heavy atom. The molecule has 6 heteroatoms. The van der Waals surface area contributed by atoms with E-state index in [-0.39, 0.29) is 17.5 Å². The quantitative estimate of drug-likeness (QED) is 0.927. The lowest BCUT2D eigenvalue weighted by molar-refractivity contribution is 0.227. The number of rotatable bonds is 3. The largest absolute Gasteiger partial charge is 0.326 e. The standard InChI is InChI=1S/C15H26N2O2S2/c1-11(16)12-7-5-6-10-17(12)21(18,19)14-9-8-13(20-14)15(2,3)4/h8-9,11-12H,5-7,10,16H2,1-4H3. The molecule has 0 radical (unpaired) electrons. The highest BCUT2D eigenvalue weighted by atomic mass is 32.2. The van der Waals surface area contributed by atoms with Crippen LogP contribution >= 0.6 is 11.3 Å². The first-order chi connectivity index (χ1) is 9.64. The van der Waals surface area contributed by atoms with Crippen LogP contribution in [0.2, 0.25) is 0 Å². The first kappa shape index (κ1) is 16.9. The van der Waals surface area contributed by atoms with E-state index in [1.165, 1.54) is 11.3 Å². The molecule has 120 valence electrons. The maximum absolute atomic E-state index is 12.9. The number of hydrogen-bond donors (Lipinski definition) is 1. The molecule has 0 spiro atoms. The Hall–Kier alpha value is -0.430. The molecule has 2 rings (SSSR count). The minimum Gasteiger partial charge on any atom is -0.326 e. The summed E-state index contributed by atoms with van der Waals surface area (Å²) in [6.45, 7) is 8.77. The van der Waals surface area contributed by atoms with Crippen molar-refractivity contribution in [2.75, 3.05) is 6.54 Å². The molecular formula is C15H26N2O2S2. The summed E-state index contributed by atoms with van der Waals surface area (Å²) in [6, 6.07) is 3.46. The first-order valence-electron chi connectivity index (χ1n) is 7.52. The molecule has 1 fully saturated rings. The van der Waals surface area contributed by atoms with Crippen molar-refractivity contribution in [2.24, 2.45) is 5.73 Å². The zero-order chi connectivity index (χ0) is 15.8. The van der Waals surface area contributed by atoms with Gasteiger partial charge in [0, 0.05) is 23.5 Å². The average molecular weight is 331 g/mol. The molecular weight excluding hydrogens is 304 g/mol. The van der Waals surface area contributed by atoms with Gasteiger partial charge >= 0.3 is 0 Å². The molecule has 0 saturated carbocycles. The number of nitrogens with zero attached hydrogens (tertiary/aromatic N) is 1. The lowest BCUT2D eigenvalue weighted by Crippen LogP contribution is -2.51. The maximum Gasteiger partial charge on any atom is 0.252 e. The van der Waals surface area contributed by atoms with Crippen molar-refractivity contribution >= 4 is 21.4 Å². The number of nitrogens with two attached hydrogens (primary N) is 1. The van der Waals surface area contributed by atoms with E-state index in [0.717, 1.165) is 24.1 Å². The molecule has 1 saturated heterocycles. The Labute approximate surface area is 132 Å². The lowest BCUT2D eigenvalue weighted by Gasteiger charge is -2.36. The van der Waals surface area contributed by atoms with Crippen molar-refractivity contribution in [2.45, 2.75) is 68.7 Å². The van der Waals surface area contributed by atoms with Crippen LogP contribution in [0.5, 0.6) is 0 Å². The summed E-state index contributed by atoms with van der Waals surface area (Å²) in [5.41, 5.74) is 5.98.